The van der Waals surface area contributed by atoms with E-state index in [1.165, 1.54) is 6.92 Å². The number of nitrogens with one attached hydrogen (secondary N) is 1. The second kappa shape index (κ2) is 6.33. The summed E-state index contributed by atoms with van der Waals surface area (Å²) in [6.45, 7) is 5.41. The SMILES string of the molecule is CC(C)c1ccc(C(=O)N[C@H](C(=O)O)[C@@H](C)O)cc1. The average Bonchev–Trinajstić information content (AvgIpc) is 2.34. The topological polar surface area (TPSA) is 86.6 Å². The number of hydrogen-bond acceptors (Lipinski definition) is 3. The van der Waals surface area contributed by atoms with E-state index in [2.05, 4.69) is 5.32 Å². The van der Waals surface area contributed by atoms with Gasteiger partial charge in [-0.1, -0.05) is 26.0 Å². The lowest BCUT2D eigenvalue weighted by atomic mass is 10.0. The number of hydrogen-bond donors (Lipinski definition) is 3. The zero-order valence-corrected chi connectivity index (χ0v) is 11.3. The number of carbonyl (C=O) groups is 2. The van der Waals surface area contributed by atoms with E-state index >= 15 is 0 Å². The molecule has 0 aliphatic rings. The molecule has 0 spiro atoms. The zero-order valence-electron chi connectivity index (χ0n) is 11.3. The van der Waals surface area contributed by atoms with Gasteiger partial charge in [-0.15, -0.1) is 0 Å². The number of aliphatic hydroxyl groups is 1. The van der Waals surface area contributed by atoms with E-state index in [0.29, 0.717) is 11.5 Å². The maximum absolute atomic E-state index is 11.9. The van der Waals surface area contributed by atoms with Gasteiger partial charge in [-0.2, -0.15) is 0 Å². The third kappa shape index (κ3) is 4.06. The summed E-state index contributed by atoms with van der Waals surface area (Å²) < 4.78 is 0. The smallest absolute Gasteiger partial charge is 0.328 e. The van der Waals surface area contributed by atoms with Crippen molar-refractivity contribution in [2.75, 3.05) is 0 Å². The lowest BCUT2D eigenvalue weighted by Gasteiger charge is -2.17. The Hall–Kier alpha value is -1.88. The fraction of sp³-hybridized carbons (Fsp3) is 0.429. The van der Waals surface area contributed by atoms with Gasteiger partial charge in [0.25, 0.3) is 5.91 Å². The van der Waals surface area contributed by atoms with Crippen LogP contribution in [0.25, 0.3) is 0 Å². The summed E-state index contributed by atoms with van der Waals surface area (Å²) in [7, 11) is 0. The molecule has 1 amide bonds. The Kier molecular flexibility index (Phi) is 5.06. The van der Waals surface area contributed by atoms with Gasteiger partial charge in [0.05, 0.1) is 6.10 Å². The molecule has 1 aromatic carbocycles. The van der Waals surface area contributed by atoms with Crippen LogP contribution in [0.2, 0.25) is 0 Å². The van der Waals surface area contributed by atoms with E-state index in [4.69, 9.17) is 5.11 Å². The maximum atomic E-state index is 11.9. The Morgan fingerprint density at radius 1 is 1.11 bits per heavy atom. The van der Waals surface area contributed by atoms with Crippen molar-refractivity contribution in [3.63, 3.8) is 0 Å². The molecule has 0 heterocycles. The summed E-state index contributed by atoms with van der Waals surface area (Å²) >= 11 is 0. The molecule has 1 rings (SSSR count). The molecule has 5 heteroatoms. The minimum absolute atomic E-state index is 0.362. The first kappa shape index (κ1) is 15.2. The summed E-state index contributed by atoms with van der Waals surface area (Å²) in [6.07, 6.45) is -1.16. The number of carboxylic acids is 1. The Balaban J connectivity index is 2.80. The van der Waals surface area contributed by atoms with Crippen LogP contribution in [0.1, 0.15) is 42.6 Å². The molecule has 1 aromatic rings. The van der Waals surface area contributed by atoms with E-state index in [0.717, 1.165) is 5.56 Å². The molecule has 0 aromatic heterocycles. The van der Waals surface area contributed by atoms with Crippen LogP contribution in [0, 0.1) is 0 Å². The van der Waals surface area contributed by atoms with Crippen LogP contribution in [0.3, 0.4) is 0 Å². The first-order valence-corrected chi connectivity index (χ1v) is 6.14. The highest BCUT2D eigenvalue weighted by Crippen LogP contribution is 2.14. The second-order valence-electron chi connectivity index (χ2n) is 4.81. The first-order valence-electron chi connectivity index (χ1n) is 6.14. The van der Waals surface area contributed by atoms with E-state index in [1.807, 2.05) is 26.0 Å². The van der Waals surface area contributed by atoms with Gasteiger partial charge in [-0.3, -0.25) is 4.79 Å². The highest BCUT2D eigenvalue weighted by atomic mass is 16.4. The number of rotatable bonds is 5. The number of benzene rings is 1. The van der Waals surface area contributed by atoms with E-state index < -0.39 is 24.0 Å². The minimum atomic E-state index is -1.31. The van der Waals surface area contributed by atoms with Crippen molar-refractivity contribution in [2.45, 2.75) is 38.8 Å². The summed E-state index contributed by atoms with van der Waals surface area (Å²) in [4.78, 5) is 22.7. The standard InChI is InChI=1S/C14H19NO4/c1-8(2)10-4-6-11(7-5-10)13(17)15-12(9(3)16)14(18)19/h4-9,12,16H,1-3H3,(H,15,17)(H,18,19)/t9-,12+/m1/s1. The number of aliphatic carboxylic acids is 1. The molecule has 0 unspecified atom stereocenters. The van der Waals surface area contributed by atoms with Crippen molar-refractivity contribution < 1.29 is 19.8 Å². The summed E-state index contributed by atoms with van der Waals surface area (Å²) in [5.41, 5.74) is 1.47. The number of amides is 1. The Labute approximate surface area is 112 Å². The van der Waals surface area contributed by atoms with Crippen LogP contribution in [0.15, 0.2) is 24.3 Å². The van der Waals surface area contributed by atoms with Gasteiger partial charge in [-0.05, 0) is 30.5 Å². The fourth-order valence-electron chi connectivity index (χ4n) is 1.63. The van der Waals surface area contributed by atoms with Crippen LogP contribution >= 0.6 is 0 Å². The lowest BCUT2D eigenvalue weighted by molar-refractivity contribution is -0.141. The predicted octanol–water partition coefficient (Wildman–Crippen LogP) is 1.37. The average molecular weight is 265 g/mol. The Morgan fingerprint density at radius 3 is 2.00 bits per heavy atom. The van der Waals surface area contributed by atoms with Crippen molar-refractivity contribution in [2.24, 2.45) is 0 Å². The lowest BCUT2D eigenvalue weighted by Crippen LogP contribution is -2.47. The highest BCUT2D eigenvalue weighted by molar-refractivity contribution is 5.96. The molecule has 3 N–H and O–H groups in total. The molecular weight excluding hydrogens is 246 g/mol. The number of carbonyl (C=O) groups excluding carboxylic acids is 1. The molecule has 19 heavy (non-hydrogen) atoms. The third-order valence-corrected chi connectivity index (χ3v) is 2.87. The maximum Gasteiger partial charge on any atom is 0.328 e. The van der Waals surface area contributed by atoms with Crippen molar-refractivity contribution in [3.8, 4) is 0 Å². The third-order valence-electron chi connectivity index (χ3n) is 2.87. The molecule has 0 saturated carbocycles. The van der Waals surface area contributed by atoms with Crippen molar-refractivity contribution >= 4 is 11.9 Å². The largest absolute Gasteiger partial charge is 0.480 e. The summed E-state index contributed by atoms with van der Waals surface area (Å²) in [6, 6.07) is 5.64. The molecule has 0 aliphatic heterocycles. The molecule has 0 bridgehead atoms. The summed E-state index contributed by atoms with van der Waals surface area (Å²) in [5, 5.41) is 20.5. The minimum Gasteiger partial charge on any atom is -0.480 e. The molecule has 104 valence electrons. The van der Waals surface area contributed by atoms with Crippen LogP contribution in [0.5, 0.6) is 0 Å². The van der Waals surface area contributed by atoms with Gasteiger partial charge in [0.15, 0.2) is 6.04 Å². The van der Waals surface area contributed by atoms with E-state index in [1.54, 1.807) is 12.1 Å². The molecule has 5 nitrogen and oxygen atoms in total. The van der Waals surface area contributed by atoms with Crippen molar-refractivity contribution in [1.82, 2.24) is 5.32 Å². The molecular formula is C14H19NO4. The van der Waals surface area contributed by atoms with Crippen molar-refractivity contribution in [3.05, 3.63) is 35.4 Å². The van der Waals surface area contributed by atoms with Crippen molar-refractivity contribution in [1.29, 1.82) is 0 Å². The predicted molar refractivity (Wildman–Crippen MR) is 71.1 cm³/mol. The van der Waals surface area contributed by atoms with Gasteiger partial charge in [0, 0.05) is 5.56 Å². The van der Waals surface area contributed by atoms with Crippen LogP contribution < -0.4 is 5.32 Å². The molecule has 0 radical (unpaired) electrons. The van der Waals surface area contributed by atoms with Gasteiger partial charge < -0.3 is 15.5 Å². The van der Waals surface area contributed by atoms with Gasteiger partial charge in [0.1, 0.15) is 0 Å². The van der Waals surface area contributed by atoms with Gasteiger partial charge >= 0.3 is 5.97 Å². The molecule has 0 saturated heterocycles. The van der Waals surface area contributed by atoms with Crippen LogP contribution in [-0.2, 0) is 4.79 Å². The van der Waals surface area contributed by atoms with Gasteiger partial charge in [0.2, 0.25) is 0 Å². The van der Waals surface area contributed by atoms with E-state index in [-0.39, 0.29) is 0 Å². The van der Waals surface area contributed by atoms with Gasteiger partial charge in [-0.25, -0.2) is 4.79 Å². The van der Waals surface area contributed by atoms with Crippen LogP contribution in [-0.4, -0.2) is 34.2 Å². The van der Waals surface area contributed by atoms with E-state index in [9.17, 15) is 14.7 Å². The Morgan fingerprint density at radius 2 is 1.63 bits per heavy atom. The number of carboxylic acid groups (broad SMARTS) is 1. The number of aliphatic hydroxyl groups excluding tert-OH is 1. The fourth-order valence-corrected chi connectivity index (χ4v) is 1.63. The normalized spacial score (nSPS) is 13.9. The quantitative estimate of drug-likeness (QED) is 0.750. The molecule has 0 aliphatic carbocycles. The summed E-state index contributed by atoms with van der Waals surface area (Å²) in [5.74, 6) is -1.41. The second-order valence-corrected chi connectivity index (χ2v) is 4.81. The molecule has 2 atom stereocenters. The zero-order chi connectivity index (χ0) is 14.6. The molecule has 0 fully saturated rings. The van der Waals surface area contributed by atoms with Crippen LogP contribution in [0.4, 0.5) is 0 Å². The Bertz CT molecular complexity index is 451. The highest BCUT2D eigenvalue weighted by Gasteiger charge is 2.25. The monoisotopic (exact) mass is 265 g/mol. The first-order chi connectivity index (χ1) is 8.82.